The third kappa shape index (κ3) is 4.29. The van der Waals surface area contributed by atoms with E-state index in [1.807, 2.05) is 13.1 Å². The van der Waals surface area contributed by atoms with Crippen molar-refractivity contribution < 1.29 is 4.74 Å². The van der Waals surface area contributed by atoms with Crippen LogP contribution in [0, 0.1) is 13.8 Å². The van der Waals surface area contributed by atoms with E-state index in [0.717, 1.165) is 25.1 Å². The molecule has 0 fully saturated rings. The standard InChI is InChI=1S/C17H24N2OS/c1-5-15-16(11-18-4)21-17(19-15)8-9-20-14-7-6-12(2)13(3)10-14/h6-7,10,18H,5,8-9,11H2,1-4H3. The molecule has 0 radical (unpaired) electrons. The Labute approximate surface area is 131 Å². The summed E-state index contributed by atoms with van der Waals surface area (Å²) in [6.45, 7) is 7.96. The molecule has 1 N–H and O–H groups in total. The van der Waals surface area contributed by atoms with Gasteiger partial charge in [0.1, 0.15) is 5.75 Å². The van der Waals surface area contributed by atoms with E-state index in [1.165, 1.54) is 26.7 Å². The maximum atomic E-state index is 5.84. The highest BCUT2D eigenvalue weighted by molar-refractivity contribution is 7.11. The number of rotatable bonds is 7. The number of nitrogens with one attached hydrogen (secondary N) is 1. The molecule has 0 aliphatic rings. The number of hydrogen-bond donors (Lipinski definition) is 1. The van der Waals surface area contributed by atoms with Gasteiger partial charge in [-0.05, 0) is 50.6 Å². The smallest absolute Gasteiger partial charge is 0.119 e. The Morgan fingerprint density at radius 2 is 2.05 bits per heavy atom. The van der Waals surface area contributed by atoms with Crippen molar-refractivity contribution in [1.82, 2.24) is 10.3 Å². The van der Waals surface area contributed by atoms with Crippen molar-refractivity contribution in [1.29, 1.82) is 0 Å². The van der Waals surface area contributed by atoms with Crippen molar-refractivity contribution in [3.63, 3.8) is 0 Å². The Hall–Kier alpha value is -1.39. The average molecular weight is 304 g/mol. The minimum absolute atomic E-state index is 0.679. The van der Waals surface area contributed by atoms with E-state index < -0.39 is 0 Å². The molecule has 0 aliphatic heterocycles. The molecule has 1 aromatic heterocycles. The van der Waals surface area contributed by atoms with Crippen LogP contribution in [0.15, 0.2) is 18.2 Å². The van der Waals surface area contributed by atoms with Gasteiger partial charge in [0, 0.05) is 17.8 Å². The Balaban J connectivity index is 1.92. The maximum Gasteiger partial charge on any atom is 0.119 e. The normalized spacial score (nSPS) is 10.9. The van der Waals surface area contributed by atoms with Crippen LogP contribution in [0.5, 0.6) is 5.75 Å². The van der Waals surface area contributed by atoms with Gasteiger partial charge in [-0.3, -0.25) is 0 Å². The molecule has 1 heterocycles. The Bertz CT molecular complexity index is 592. The first-order valence-corrected chi connectivity index (χ1v) is 8.27. The maximum absolute atomic E-state index is 5.84. The summed E-state index contributed by atoms with van der Waals surface area (Å²) in [5.41, 5.74) is 3.79. The van der Waals surface area contributed by atoms with E-state index in [4.69, 9.17) is 9.72 Å². The lowest BCUT2D eigenvalue weighted by atomic mass is 10.1. The minimum atomic E-state index is 0.679. The van der Waals surface area contributed by atoms with Crippen molar-refractivity contribution in [3.05, 3.63) is 44.9 Å². The molecule has 0 saturated carbocycles. The summed E-state index contributed by atoms with van der Waals surface area (Å²) < 4.78 is 5.84. The lowest BCUT2D eigenvalue weighted by Crippen LogP contribution is -2.05. The van der Waals surface area contributed by atoms with Crippen LogP contribution in [0.4, 0.5) is 0 Å². The summed E-state index contributed by atoms with van der Waals surface area (Å²) in [5.74, 6) is 0.945. The number of aryl methyl sites for hydroxylation is 3. The monoisotopic (exact) mass is 304 g/mol. The van der Waals surface area contributed by atoms with E-state index in [-0.39, 0.29) is 0 Å². The molecule has 0 saturated heterocycles. The average Bonchev–Trinajstić information content (AvgIpc) is 2.85. The zero-order valence-electron chi connectivity index (χ0n) is 13.3. The molecular formula is C17H24N2OS. The number of nitrogens with zero attached hydrogens (tertiary/aromatic N) is 1. The Morgan fingerprint density at radius 1 is 1.24 bits per heavy atom. The van der Waals surface area contributed by atoms with Crippen LogP contribution in [0.25, 0.3) is 0 Å². The van der Waals surface area contributed by atoms with Crippen LogP contribution in [-0.4, -0.2) is 18.6 Å². The molecule has 21 heavy (non-hydrogen) atoms. The fourth-order valence-electron chi connectivity index (χ4n) is 2.18. The van der Waals surface area contributed by atoms with Gasteiger partial charge in [-0.2, -0.15) is 0 Å². The van der Waals surface area contributed by atoms with E-state index >= 15 is 0 Å². The summed E-state index contributed by atoms with van der Waals surface area (Å²) in [6.07, 6.45) is 1.86. The van der Waals surface area contributed by atoms with Gasteiger partial charge in [0.2, 0.25) is 0 Å². The second-order valence-corrected chi connectivity index (χ2v) is 6.37. The first-order valence-electron chi connectivity index (χ1n) is 7.46. The van der Waals surface area contributed by atoms with Crippen molar-refractivity contribution in [2.75, 3.05) is 13.7 Å². The first-order chi connectivity index (χ1) is 10.1. The molecular weight excluding hydrogens is 280 g/mol. The number of hydrogen-bond acceptors (Lipinski definition) is 4. The molecule has 0 bridgehead atoms. The van der Waals surface area contributed by atoms with Gasteiger partial charge >= 0.3 is 0 Å². The quantitative estimate of drug-likeness (QED) is 0.847. The van der Waals surface area contributed by atoms with Gasteiger partial charge in [-0.1, -0.05) is 13.0 Å². The van der Waals surface area contributed by atoms with Crippen molar-refractivity contribution in [2.45, 2.75) is 40.2 Å². The third-order valence-electron chi connectivity index (χ3n) is 3.56. The second-order valence-electron chi connectivity index (χ2n) is 5.21. The zero-order chi connectivity index (χ0) is 15.2. The summed E-state index contributed by atoms with van der Waals surface area (Å²) in [6, 6.07) is 6.24. The number of ether oxygens (including phenoxy) is 1. The van der Waals surface area contributed by atoms with Crippen molar-refractivity contribution in [3.8, 4) is 5.75 Å². The molecule has 2 aromatic rings. The molecule has 4 heteroatoms. The molecule has 0 amide bonds. The highest BCUT2D eigenvalue weighted by Gasteiger charge is 2.09. The van der Waals surface area contributed by atoms with Gasteiger partial charge < -0.3 is 10.1 Å². The van der Waals surface area contributed by atoms with Gasteiger partial charge in [0.15, 0.2) is 0 Å². The SMILES string of the molecule is CCc1nc(CCOc2ccc(C)c(C)c2)sc1CNC. The lowest BCUT2D eigenvalue weighted by Gasteiger charge is -2.07. The van der Waals surface area contributed by atoms with Crippen LogP contribution < -0.4 is 10.1 Å². The predicted molar refractivity (Wildman–Crippen MR) is 89.4 cm³/mol. The summed E-state index contributed by atoms with van der Waals surface area (Å²) in [7, 11) is 1.97. The molecule has 2 rings (SSSR count). The van der Waals surface area contributed by atoms with E-state index in [1.54, 1.807) is 11.3 Å². The highest BCUT2D eigenvalue weighted by atomic mass is 32.1. The van der Waals surface area contributed by atoms with Gasteiger partial charge in [0.05, 0.1) is 17.3 Å². The topological polar surface area (TPSA) is 34.1 Å². The predicted octanol–water partition coefficient (Wildman–Crippen LogP) is 3.66. The van der Waals surface area contributed by atoms with Crippen molar-refractivity contribution in [2.24, 2.45) is 0 Å². The lowest BCUT2D eigenvalue weighted by molar-refractivity contribution is 0.321. The fourth-order valence-corrected chi connectivity index (χ4v) is 3.33. The Morgan fingerprint density at radius 3 is 2.71 bits per heavy atom. The van der Waals surface area contributed by atoms with Crippen LogP contribution in [-0.2, 0) is 19.4 Å². The van der Waals surface area contributed by atoms with E-state index in [2.05, 4.69) is 38.2 Å². The van der Waals surface area contributed by atoms with Crippen LogP contribution in [0.1, 0.15) is 33.6 Å². The molecule has 1 aromatic carbocycles. The third-order valence-corrected chi connectivity index (χ3v) is 4.72. The van der Waals surface area contributed by atoms with Gasteiger partial charge in [0.25, 0.3) is 0 Å². The van der Waals surface area contributed by atoms with Crippen LogP contribution in [0.3, 0.4) is 0 Å². The number of thiazole rings is 1. The summed E-state index contributed by atoms with van der Waals surface area (Å²) >= 11 is 1.80. The van der Waals surface area contributed by atoms with E-state index in [0.29, 0.717) is 6.61 Å². The molecule has 0 spiro atoms. The molecule has 0 atom stereocenters. The number of aromatic nitrogens is 1. The fraction of sp³-hybridized carbons (Fsp3) is 0.471. The zero-order valence-corrected chi connectivity index (χ0v) is 14.1. The largest absolute Gasteiger partial charge is 0.493 e. The second kappa shape index (κ2) is 7.57. The number of benzene rings is 1. The molecule has 0 unspecified atom stereocenters. The molecule has 3 nitrogen and oxygen atoms in total. The summed E-state index contributed by atoms with van der Waals surface area (Å²) in [4.78, 5) is 6.06. The highest BCUT2D eigenvalue weighted by Crippen LogP contribution is 2.21. The summed E-state index contributed by atoms with van der Waals surface area (Å²) in [5, 5.41) is 4.37. The molecule has 114 valence electrons. The van der Waals surface area contributed by atoms with Crippen LogP contribution >= 0.6 is 11.3 Å². The first kappa shape index (κ1) is 16.0. The van der Waals surface area contributed by atoms with Crippen molar-refractivity contribution >= 4 is 11.3 Å². The Kier molecular flexibility index (Phi) is 5.76. The minimum Gasteiger partial charge on any atom is -0.493 e. The van der Waals surface area contributed by atoms with E-state index in [9.17, 15) is 0 Å². The molecule has 0 aliphatic carbocycles. The van der Waals surface area contributed by atoms with Gasteiger partial charge in [-0.25, -0.2) is 4.98 Å². The van der Waals surface area contributed by atoms with Crippen LogP contribution in [0.2, 0.25) is 0 Å². The van der Waals surface area contributed by atoms with Gasteiger partial charge in [-0.15, -0.1) is 11.3 Å².